The van der Waals surface area contributed by atoms with Crippen LogP contribution in [0.2, 0.25) is 0 Å². The largest absolute Gasteiger partial charge is 0.347 e. The lowest BCUT2D eigenvalue weighted by Gasteiger charge is -2.37. The number of H-pyrrole nitrogens is 1. The van der Waals surface area contributed by atoms with E-state index < -0.39 is 0 Å². The number of amides is 1. The molecule has 4 rings (SSSR count). The van der Waals surface area contributed by atoms with Crippen LogP contribution in [-0.4, -0.2) is 45.3 Å². The average molecular weight is 402 g/mol. The van der Waals surface area contributed by atoms with Gasteiger partial charge in [0, 0.05) is 31.7 Å². The molecule has 5 nitrogen and oxygen atoms in total. The van der Waals surface area contributed by atoms with Crippen molar-refractivity contribution in [3.63, 3.8) is 0 Å². The van der Waals surface area contributed by atoms with Gasteiger partial charge in [0.2, 0.25) is 0 Å². The number of aryl methyl sites for hydroxylation is 1. The molecular formula is C25H29N4O. The molecule has 1 unspecified atom stereocenters. The summed E-state index contributed by atoms with van der Waals surface area (Å²) >= 11 is 0. The van der Waals surface area contributed by atoms with Gasteiger partial charge in [-0.25, -0.2) is 4.98 Å². The minimum atomic E-state index is 0.0927. The first kappa shape index (κ1) is 20.4. The maximum absolute atomic E-state index is 12.7. The van der Waals surface area contributed by atoms with Crippen molar-refractivity contribution in [2.45, 2.75) is 39.8 Å². The van der Waals surface area contributed by atoms with E-state index in [1.807, 2.05) is 43.9 Å². The van der Waals surface area contributed by atoms with Gasteiger partial charge < -0.3 is 9.88 Å². The highest BCUT2D eigenvalue weighted by molar-refractivity contribution is 5.94. The highest BCUT2D eigenvalue weighted by Gasteiger charge is 2.29. The number of nitrogens with zero attached hydrogens (tertiary/aromatic N) is 3. The first-order valence-corrected chi connectivity index (χ1v) is 10.7. The van der Waals surface area contributed by atoms with E-state index in [0.29, 0.717) is 0 Å². The molecule has 0 saturated heterocycles. The number of aromatic nitrogens is 2. The molecule has 1 aromatic heterocycles. The summed E-state index contributed by atoms with van der Waals surface area (Å²) in [5.41, 5.74) is 6.81. The minimum Gasteiger partial charge on any atom is -0.347 e. The molecule has 0 saturated carbocycles. The Hall–Kier alpha value is -2.92. The Bertz CT molecular complexity index is 1000. The van der Waals surface area contributed by atoms with Gasteiger partial charge in [0.05, 0.1) is 23.8 Å². The zero-order valence-corrected chi connectivity index (χ0v) is 18.0. The van der Waals surface area contributed by atoms with Crippen LogP contribution in [0.5, 0.6) is 0 Å². The van der Waals surface area contributed by atoms with Crippen LogP contribution < -0.4 is 0 Å². The number of hydrogen-bond acceptors (Lipinski definition) is 3. The molecule has 1 amide bonds. The van der Waals surface area contributed by atoms with E-state index in [9.17, 15) is 4.79 Å². The lowest BCUT2D eigenvalue weighted by molar-refractivity contribution is 0.0773. The van der Waals surface area contributed by atoms with Crippen LogP contribution in [0.1, 0.15) is 58.3 Å². The third-order valence-electron chi connectivity index (χ3n) is 6.13. The van der Waals surface area contributed by atoms with E-state index in [-0.39, 0.29) is 11.9 Å². The van der Waals surface area contributed by atoms with E-state index >= 15 is 0 Å². The predicted octanol–water partition coefficient (Wildman–Crippen LogP) is 4.15. The van der Waals surface area contributed by atoms with Gasteiger partial charge in [-0.2, -0.15) is 0 Å². The normalized spacial score (nSPS) is 16.3. The van der Waals surface area contributed by atoms with Crippen molar-refractivity contribution in [2.75, 3.05) is 19.6 Å². The fourth-order valence-electron chi connectivity index (χ4n) is 4.36. The highest BCUT2D eigenvalue weighted by Crippen LogP contribution is 2.36. The second-order valence-electron chi connectivity index (χ2n) is 7.81. The van der Waals surface area contributed by atoms with Crippen molar-refractivity contribution < 1.29 is 4.79 Å². The van der Waals surface area contributed by atoms with Crippen molar-refractivity contribution in [3.8, 4) is 0 Å². The molecule has 5 heteroatoms. The van der Waals surface area contributed by atoms with E-state index in [0.717, 1.165) is 49.6 Å². The van der Waals surface area contributed by atoms with Gasteiger partial charge in [-0.15, -0.1) is 0 Å². The molecule has 3 aromatic rings. The molecule has 30 heavy (non-hydrogen) atoms. The Morgan fingerprint density at radius 1 is 1.23 bits per heavy atom. The molecule has 1 radical (unpaired) electrons. The number of carbonyl (C=O) groups excluding carboxylic acids is 1. The number of carbonyl (C=O) groups is 1. The molecule has 0 fully saturated rings. The lowest BCUT2D eigenvalue weighted by Crippen LogP contribution is -2.36. The fourth-order valence-corrected chi connectivity index (χ4v) is 4.36. The second-order valence-corrected chi connectivity index (χ2v) is 7.81. The summed E-state index contributed by atoms with van der Waals surface area (Å²) < 4.78 is 0. The van der Waals surface area contributed by atoms with Crippen LogP contribution in [0, 0.1) is 13.0 Å². The zero-order chi connectivity index (χ0) is 21.1. The van der Waals surface area contributed by atoms with Crippen LogP contribution in [0.4, 0.5) is 0 Å². The van der Waals surface area contributed by atoms with E-state index in [4.69, 9.17) is 0 Å². The Morgan fingerprint density at radius 3 is 2.67 bits per heavy atom. The molecule has 1 aliphatic heterocycles. The molecule has 0 aliphatic carbocycles. The SMILES string of the molecule is CCN(CC)C(=O)c1ccc(C2c3cc[c]cc3CCN2Cc2[nH]cnc2C)cc1. The smallest absolute Gasteiger partial charge is 0.253 e. The fraction of sp³-hybridized carbons (Fsp3) is 0.360. The first-order valence-electron chi connectivity index (χ1n) is 10.7. The van der Waals surface area contributed by atoms with Crippen molar-refractivity contribution in [1.82, 2.24) is 19.8 Å². The predicted molar refractivity (Wildman–Crippen MR) is 118 cm³/mol. The van der Waals surface area contributed by atoms with Crippen LogP contribution in [-0.2, 0) is 13.0 Å². The molecule has 0 spiro atoms. The maximum Gasteiger partial charge on any atom is 0.253 e. The van der Waals surface area contributed by atoms with Gasteiger partial charge in [0.25, 0.3) is 5.91 Å². The Kier molecular flexibility index (Phi) is 6.00. The molecule has 2 aromatic carbocycles. The van der Waals surface area contributed by atoms with Gasteiger partial charge in [-0.05, 0) is 62.1 Å². The highest BCUT2D eigenvalue weighted by atomic mass is 16.2. The van der Waals surface area contributed by atoms with Crippen molar-refractivity contribution in [3.05, 3.63) is 88.5 Å². The summed E-state index contributed by atoms with van der Waals surface area (Å²) in [7, 11) is 0. The summed E-state index contributed by atoms with van der Waals surface area (Å²) in [4.78, 5) is 24.7. The van der Waals surface area contributed by atoms with Crippen LogP contribution in [0.25, 0.3) is 0 Å². The van der Waals surface area contributed by atoms with Crippen molar-refractivity contribution >= 4 is 5.91 Å². The van der Waals surface area contributed by atoms with Crippen LogP contribution in [0.3, 0.4) is 0 Å². The van der Waals surface area contributed by atoms with Crippen molar-refractivity contribution in [2.24, 2.45) is 0 Å². The summed E-state index contributed by atoms with van der Waals surface area (Å²) in [6, 6.07) is 17.8. The monoisotopic (exact) mass is 401 g/mol. The Balaban J connectivity index is 1.67. The third kappa shape index (κ3) is 3.90. The van der Waals surface area contributed by atoms with Gasteiger partial charge in [0.1, 0.15) is 0 Å². The van der Waals surface area contributed by atoms with Crippen LogP contribution >= 0.6 is 0 Å². The van der Waals surface area contributed by atoms with Crippen molar-refractivity contribution in [1.29, 1.82) is 0 Å². The Morgan fingerprint density at radius 2 is 2.00 bits per heavy atom. The van der Waals surface area contributed by atoms with Gasteiger partial charge in [-0.1, -0.05) is 30.3 Å². The molecule has 1 atom stereocenters. The number of nitrogens with one attached hydrogen (secondary N) is 1. The minimum absolute atomic E-state index is 0.0927. The maximum atomic E-state index is 12.7. The Labute approximate surface area is 178 Å². The molecule has 2 heterocycles. The van der Waals surface area contributed by atoms with Gasteiger partial charge >= 0.3 is 0 Å². The summed E-state index contributed by atoms with van der Waals surface area (Å²) in [6.45, 7) is 9.30. The number of fused-ring (bicyclic) bond motifs is 1. The molecule has 0 bridgehead atoms. The lowest BCUT2D eigenvalue weighted by atomic mass is 9.87. The van der Waals surface area contributed by atoms with E-state index in [2.05, 4.69) is 45.2 Å². The van der Waals surface area contributed by atoms with Crippen LogP contribution in [0.15, 0.2) is 48.8 Å². The van der Waals surface area contributed by atoms with E-state index in [1.54, 1.807) is 6.33 Å². The summed E-state index contributed by atoms with van der Waals surface area (Å²) in [6.07, 6.45) is 2.77. The average Bonchev–Trinajstić information content (AvgIpc) is 3.19. The number of aromatic amines is 1. The molecule has 1 N–H and O–H groups in total. The standard InChI is InChI=1S/C25H29N4O/c1-4-28(5-2)25(30)21-12-10-20(11-13-21)24-22-9-7-6-8-19(22)14-15-29(24)16-23-18(3)26-17-27-23/h7-13,17,24H,4-5,14-16H2,1-3H3,(H,26,27). The third-order valence-corrected chi connectivity index (χ3v) is 6.13. The summed E-state index contributed by atoms with van der Waals surface area (Å²) in [5, 5.41) is 0. The molecular weight excluding hydrogens is 372 g/mol. The van der Waals surface area contributed by atoms with Gasteiger partial charge in [0.15, 0.2) is 0 Å². The number of imidazole rings is 1. The number of rotatable bonds is 6. The topological polar surface area (TPSA) is 52.2 Å². The van der Waals surface area contributed by atoms with Gasteiger partial charge in [-0.3, -0.25) is 9.69 Å². The van der Waals surface area contributed by atoms with E-state index in [1.165, 1.54) is 16.7 Å². The molecule has 155 valence electrons. The molecule has 1 aliphatic rings. The quantitative estimate of drug-likeness (QED) is 0.675. The number of benzene rings is 2. The zero-order valence-electron chi connectivity index (χ0n) is 18.0. The summed E-state index contributed by atoms with van der Waals surface area (Å²) in [5.74, 6) is 0.0927. The second kappa shape index (κ2) is 8.84. The number of hydrogen-bond donors (Lipinski definition) is 1. The first-order chi connectivity index (χ1) is 14.6.